The Labute approximate surface area is 237 Å². The molecule has 10 heteroatoms. The van der Waals surface area contributed by atoms with Crippen LogP contribution in [0.2, 0.25) is 5.02 Å². The molecule has 1 atom stereocenters. The monoisotopic (exact) mass is 566 g/mol. The topological polar surface area (TPSA) is 103 Å². The molecule has 1 N–H and O–H groups in total. The SMILES string of the molecule is COC(=O)c1ccc(Oc2ccc(C(=O)Nc3ccc(C4CN(C(=O)OC(C)(C)C)CCO4)cc3)cc2)cc1Cl. The molecule has 2 amide bonds. The highest BCUT2D eigenvalue weighted by Gasteiger charge is 2.29. The summed E-state index contributed by atoms with van der Waals surface area (Å²) >= 11 is 6.15. The molecule has 3 aromatic carbocycles. The Hall–Kier alpha value is -4.08. The first-order valence-corrected chi connectivity index (χ1v) is 13.1. The fraction of sp³-hybridized carbons (Fsp3) is 0.300. The van der Waals surface area contributed by atoms with E-state index in [0.717, 1.165) is 5.56 Å². The van der Waals surface area contributed by atoms with Crippen molar-refractivity contribution >= 4 is 35.3 Å². The predicted molar refractivity (Wildman–Crippen MR) is 150 cm³/mol. The van der Waals surface area contributed by atoms with Crippen molar-refractivity contribution in [1.82, 2.24) is 4.90 Å². The number of halogens is 1. The second kappa shape index (κ2) is 12.4. The maximum absolute atomic E-state index is 12.8. The molecule has 1 aliphatic rings. The number of hydrogen-bond acceptors (Lipinski definition) is 7. The van der Waals surface area contributed by atoms with E-state index in [0.29, 0.717) is 42.4 Å². The number of nitrogens with zero attached hydrogens (tertiary/aromatic N) is 1. The smallest absolute Gasteiger partial charge is 0.410 e. The Bertz CT molecular complexity index is 1370. The summed E-state index contributed by atoms with van der Waals surface area (Å²) in [6.45, 7) is 6.78. The van der Waals surface area contributed by atoms with Crippen molar-refractivity contribution < 1.29 is 33.3 Å². The summed E-state index contributed by atoms with van der Waals surface area (Å²) in [6, 6.07) is 18.6. The van der Waals surface area contributed by atoms with Gasteiger partial charge < -0.3 is 29.2 Å². The van der Waals surface area contributed by atoms with E-state index in [1.807, 2.05) is 32.9 Å². The molecule has 0 aliphatic carbocycles. The number of ether oxygens (including phenoxy) is 4. The molecule has 1 saturated heterocycles. The fourth-order valence-electron chi connectivity index (χ4n) is 3.97. The molecule has 40 heavy (non-hydrogen) atoms. The first kappa shape index (κ1) is 28.9. The standard InChI is InChI=1S/C30H31ClN2O7/c1-30(2,3)40-29(36)33-15-16-38-26(18-33)19-5-9-21(10-6-19)32-27(34)20-7-11-22(12-8-20)39-23-13-14-24(25(31)17-23)28(35)37-4/h5-14,17,26H,15-16,18H2,1-4H3,(H,32,34). The van der Waals surface area contributed by atoms with Crippen molar-refractivity contribution in [1.29, 1.82) is 0 Å². The van der Waals surface area contributed by atoms with E-state index in [1.165, 1.54) is 19.2 Å². The maximum atomic E-state index is 12.8. The molecule has 9 nitrogen and oxygen atoms in total. The Morgan fingerprint density at radius 2 is 1.65 bits per heavy atom. The lowest BCUT2D eigenvalue weighted by Crippen LogP contribution is -2.44. The Morgan fingerprint density at radius 1 is 0.975 bits per heavy atom. The molecule has 0 bridgehead atoms. The minimum atomic E-state index is -0.564. The van der Waals surface area contributed by atoms with Crippen LogP contribution in [-0.4, -0.2) is 55.3 Å². The summed E-state index contributed by atoms with van der Waals surface area (Å²) in [5.74, 6) is 0.116. The normalized spacial score (nSPS) is 15.2. The van der Waals surface area contributed by atoms with Crippen LogP contribution in [0, 0.1) is 0 Å². The van der Waals surface area contributed by atoms with E-state index in [4.69, 9.17) is 25.8 Å². The zero-order valence-electron chi connectivity index (χ0n) is 22.7. The second-order valence-corrected chi connectivity index (χ2v) is 10.5. The third-order valence-corrected chi connectivity index (χ3v) is 6.27. The van der Waals surface area contributed by atoms with Gasteiger partial charge in [0.05, 0.1) is 30.8 Å². The average molecular weight is 567 g/mol. The molecule has 4 rings (SSSR count). The van der Waals surface area contributed by atoms with Crippen molar-refractivity contribution in [3.63, 3.8) is 0 Å². The van der Waals surface area contributed by atoms with Crippen molar-refractivity contribution in [2.24, 2.45) is 0 Å². The van der Waals surface area contributed by atoms with Crippen molar-refractivity contribution in [2.75, 3.05) is 32.1 Å². The third-order valence-electron chi connectivity index (χ3n) is 5.96. The van der Waals surface area contributed by atoms with Crippen LogP contribution in [0.15, 0.2) is 66.7 Å². The number of benzene rings is 3. The predicted octanol–water partition coefficient (Wildman–Crippen LogP) is 6.48. The molecule has 3 aromatic rings. The Kier molecular flexibility index (Phi) is 8.96. The van der Waals surface area contributed by atoms with Gasteiger partial charge >= 0.3 is 12.1 Å². The number of carbonyl (C=O) groups is 3. The van der Waals surface area contributed by atoms with Crippen LogP contribution in [0.3, 0.4) is 0 Å². The van der Waals surface area contributed by atoms with Crippen LogP contribution in [0.4, 0.5) is 10.5 Å². The first-order valence-electron chi connectivity index (χ1n) is 12.7. The molecule has 0 saturated carbocycles. The van der Waals surface area contributed by atoms with E-state index in [-0.39, 0.29) is 28.7 Å². The summed E-state index contributed by atoms with van der Waals surface area (Å²) in [6.07, 6.45) is -0.647. The largest absolute Gasteiger partial charge is 0.465 e. The van der Waals surface area contributed by atoms with Gasteiger partial charge in [-0.25, -0.2) is 9.59 Å². The number of methoxy groups -OCH3 is 1. The summed E-state index contributed by atoms with van der Waals surface area (Å²) < 4.78 is 21.8. The minimum absolute atomic E-state index is 0.210. The molecule has 210 valence electrons. The van der Waals surface area contributed by atoms with Gasteiger partial charge in [-0.1, -0.05) is 23.7 Å². The second-order valence-electron chi connectivity index (χ2n) is 10.1. The maximum Gasteiger partial charge on any atom is 0.410 e. The van der Waals surface area contributed by atoms with Crippen LogP contribution in [0.5, 0.6) is 11.5 Å². The number of amides is 2. The molecule has 1 unspecified atom stereocenters. The Balaban J connectivity index is 1.33. The van der Waals surface area contributed by atoms with E-state index in [1.54, 1.807) is 47.4 Å². The number of carbonyl (C=O) groups excluding carboxylic acids is 3. The van der Waals surface area contributed by atoms with Crippen LogP contribution in [-0.2, 0) is 14.2 Å². The van der Waals surface area contributed by atoms with E-state index in [9.17, 15) is 14.4 Å². The zero-order chi connectivity index (χ0) is 28.9. The lowest BCUT2D eigenvalue weighted by molar-refractivity contribution is -0.0432. The molecule has 1 aliphatic heterocycles. The average Bonchev–Trinajstić information content (AvgIpc) is 2.92. The number of anilines is 1. The Morgan fingerprint density at radius 3 is 2.27 bits per heavy atom. The third kappa shape index (κ3) is 7.52. The summed E-state index contributed by atoms with van der Waals surface area (Å²) in [7, 11) is 1.28. The van der Waals surface area contributed by atoms with Gasteiger partial charge in [-0.3, -0.25) is 4.79 Å². The van der Waals surface area contributed by atoms with Gasteiger partial charge in [0.2, 0.25) is 0 Å². The zero-order valence-corrected chi connectivity index (χ0v) is 23.5. The van der Waals surface area contributed by atoms with Crippen molar-refractivity contribution in [2.45, 2.75) is 32.5 Å². The van der Waals surface area contributed by atoms with Gasteiger partial charge in [-0.15, -0.1) is 0 Å². The van der Waals surface area contributed by atoms with Crippen molar-refractivity contribution in [3.05, 3.63) is 88.4 Å². The number of hydrogen-bond donors (Lipinski definition) is 1. The fourth-order valence-corrected chi connectivity index (χ4v) is 4.22. The van der Waals surface area contributed by atoms with Crippen LogP contribution in [0.1, 0.15) is 53.2 Å². The van der Waals surface area contributed by atoms with Gasteiger partial charge in [-0.2, -0.15) is 0 Å². The van der Waals surface area contributed by atoms with Crippen LogP contribution in [0.25, 0.3) is 0 Å². The summed E-state index contributed by atoms with van der Waals surface area (Å²) in [5, 5.41) is 3.08. The van der Waals surface area contributed by atoms with Gasteiger partial charge in [0, 0.05) is 23.9 Å². The molecule has 0 aromatic heterocycles. The number of esters is 1. The van der Waals surface area contributed by atoms with Gasteiger partial charge in [0.1, 0.15) is 23.2 Å². The van der Waals surface area contributed by atoms with E-state index in [2.05, 4.69) is 10.1 Å². The molecule has 0 spiro atoms. The number of morpholine rings is 1. The highest BCUT2D eigenvalue weighted by atomic mass is 35.5. The lowest BCUT2D eigenvalue weighted by Gasteiger charge is -2.34. The first-order chi connectivity index (χ1) is 19.0. The summed E-state index contributed by atoms with van der Waals surface area (Å²) in [5.41, 5.74) is 1.64. The van der Waals surface area contributed by atoms with Gasteiger partial charge in [0.25, 0.3) is 5.91 Å². The summed E-state index contributed by atoms with van der Waals surface area (Å²) in [4.78, 5) is 38.6. The molecular formula is C30H31ClN2O7. The molecular weight excluding hydrogens is 536 g/mol. The quantitative estimate of drug-likeness (QED) is 0.341. The molecule has 1 fully saturated rings. The molecule has 1 heterocycles. The number of nitrogens with one attached hydrogen (secondary N) is 1. The van der Waals surface area contributed by atoms with E-state index >= 15 is 0 Å². The van der Waals surface area contributed by atoms with Gasteiger partial charge in [-0.05, 0) is 74.9 Å². The highest BCUT2D eigenvalue weighted by Crippen LogP contribution is 2.28. The van der Waals surface area contributed by atoms with E-state index < -0.39 is 11.6 Å². The van der Waals surface area contributed by atoms with Gasteiger partial charge in [0.15, 0.2) is 0 Å². The number of rotatable bonds is 6. The highest BCUT2D eigenvalue weighted by molar-refractivity contribution is 6.33. The van der Waals surface area contributed by atoms with Crippen LogP contribution >= 0.6 is 11.6 Å². The van der Waals surface area contributed by atoms with Crippen molar-refractivity contribution in [3.8, 4) is 11.5 Å². The molecule has 0 radical (unpaired) electrons. The van der Waals surface area contributed by atoms with Crippen LogP contribution < -0.4 is 10.1 Å². The lowest BCUT2D eigenvalue weighted by atomic mass is 10.1. The minimum Gasteiger partial charge on any atom is -0.465 e.